The second-order valence-electron chi connectivity index (χ2n) is 4.83. The molecule has 1 N–H and O–H groups in total. The number of hydrogen-bond donors (Lipinski definition) is 1. The van der Waals surface area contributed by atoms with E-state index in [-0.39, 0.29) is 0 Å². The minimum absolute atomic E-state index is 0.667. The Hall–Kier alpha value is -2.30. The van der Waals surface area contributed by atoms with E-state index >= 15 is 0 Å². The number of aromatic nitrogens is 2. The highest BCUT2D eigenvalue weighted by Gasteiger charge is 2.21. The summed E-state index contributed by atoms with van der Waals surface area (Å²) in [6.07, 6.45) is 8.13. The lowest BCUT2D eigenvalue weighted by molar-refractivity contribution is 0.299. The van der Waals surface area contributed by atoms with Crippen LogP contribution in [0, 0.1) is 0 Å². The summed E-state index contributed by atoms with van der Waals surface area (Å²) in [6.45, 7) is 1.57. The van der Waals surface area contributed by atoms with Crippen molar-refractivity contribution in [2.24, 2.45) is 5.16 Å². The molecule has 0 unspecified atom stereocenters. The second kappa shape index (κ2) is 5.77. The third kappa shape index (κ3) is 2.52. The third-order valence-electron chi connectivity index (χ3n) is 3.55. The normalized spacial score (nSPS) is 15.5. The average molecular weight is 271 g/mol. The number of benzene rings is 1. The van der Waals surface area contributed by atoms with Gasteiger partial charge in [0.1, 0.15) is 5.75 Å². The van der Waals surface area contributed by atoms with Crippen LogP contribution in [-0.2, 0) is 13.0 Å². The van der Waals surface area contributed by atoms with Crippen molar-refractivity contribution in [1.29, 1.82) is 0 Å². The molecule has 0 saturated heterocycles. The van der Waals surface area contributed by atoms with E-state index in [0.29, 0.717) is 6.61 Å². The molecular formula is C15H17N3O2. The number of rotatable bonds is 5. The highest BCUT2D eigenvalue weighted by atomic mass is 16.5. The van der Waals surface area contributed by atoms with Crippen LogP contribution in [-0.4, -0.2) is 27.1 Å². The first-order chi connectivity index (χ1) is 9.88. The fourth-order valence-electron chi connectivity index (χ4n) is 2.56. The van der Waals surface area contributed by atoms with E-state index in [2.05, 4.69) is 10.1 Å². The monoisotopic (exact) mass is 271 g/mol. The van der Waals surface area contributed by atoms with Crippen molar-refractivity contribution in [3.8, 4) is 5.75 Å². The predicted octanol–water partition coefficient (Wildman–Crippen LogP) is 2.48. The van der Waals surface area contributed by atoms with E-state index in [1.165, 1.54) is 0 Å². The molecule has 2 aromatic rings. The van der Waals surface area contributed by atoms with Crippen molar-refractivity contribution in [3.05, 3.63) is 48.0 Å². The summed E-state index contributed by atoms with van der Waals surface area (Å²) in [5, 5.41) is 12.3. The van der Waals surface area contributed by atoms with E-state index in [0.717, 1.165) is 48.4 Å². The van der Waals surface area contributed by atoms with Gasteiger partial charge in [-0.05, 0) is 25.3 Å². The molecule has 0 radical (unpaired) electrons. The third-order valence-corrected chi connectivity index (χ3v) is 3.55. The molecule has 0 atom stereocenters. The van der Waals surface area contributed by atoms with Crippen molar-refractivity contribution >= 4 is 5.71 Å². The molecule has 1 aromatic carbocycles. The van der Waals surface area contributed by atoms with Gasteiger partial charge in [-0.2, -0.15) is 0 Å². The van der Waals surface area contributed by atoms with Crippen LogP contribution in [0.3, 0.4) is 0 Å². The zero-order valence-corrected chi connectivity index (χ0v) is 11.2. The van der Waals surface area contributed by atoms with Crippen LogP contribution in [0.4, 0.5) is 0 Å². The Morgan fingerprint density at radius 2 is 2.30 bits per heavy atom. The summed E-state index contributed by atoms with van der Waals surface area (Å²) in [5.74, 6) is 0.909. The molecular weight excluding hydrogens is 254 g/mol. The largest absolute Gasteiger partial charge is 0.493 e. The summed E-state index contributed by atoms with van der Waals surface area (Å²) in [6, 6.07) is 5.91. The average Bonchev–Trinajstić information content (AvgIpc) is 3.12. The first kappa shape index (κ1) is 12.7. The van der Waals surface area contributed by atoms with Gasteiger partial charge in [0, 0.05) is 30.1 Å². The van der Waals surface area contributed by atoms with Gasteiger partial charge in [-0.3, -0.25) is 0 Å². The number of fused-ring (bicyclic) bond motifs is 1. The first-order valence-electron chi connectivity index (χ1n) is 6.80. The zero-order chi connectivity index (χ0) is 13.8. The number of ether oxygens (including phenoxy) is 1. The minimum atomic E-state index is 0.667. The summed E-state index contributed by atoms with van der Waals surface area (Å²) in [7, 11) is 0. The molecule has 0 amide bonds. The highest BCUT2D eigenvalue weighted by molar-refractivity contribution is 6.04. The van der Waals surface area contributed by atoms with Gasteiger partial charge in [0.05, 0.1) is 18.6 Å². The van der Waals surface area contributed by atoms with Crippen molar-refractivity contribution < 1.29 is 9.94 Å². The Balaban J connectivity index is 1.60. The van der Waals surface area contributed by atoms with Crippen LogP contribution >= 0.6 is 0 Å². The topological polar surface area (TPSA) is 59.6 Å². The molecule has 1 aliphatic rings. The molecule has 0 bridgehead atoms. The molecule has 0 fully saturated rings. The predicted molar refractivity (Wildman–Crippen MR) is 75.4 cm³/mol. The Bertz CT molecular complexity index is 606. The Labute approximate surface area is 117 Å². The molecule has 104 valence electrons. The number of oxime groups is 1. The lowest BCUT2D eigenvalue weighted by atomic mass is 10.1. The van der Waals surface area contributed by atoms with Crippen molar-refractivity contribution in [1.82, 2.24) is 9.55 Å². The van der Waals surface area contributed by atoms with E-state index in [9.17, 15) is 0 Å². The maximum Gasteiger partial charge on any atom is 0.123 e. The van der Waals surface area contributed by atoms with Crippen molar-refractivity contribution in [2.75, 3.05) is 6.61 Å². The lowest BCUT2D eigenvalue weighted by Crippen LogP contribution is -2.04. The molecule has 0 aliphatic heterocycles. The SMILES string of the molecule is ON=C1CCc2c(OCCCn3ccnc3)cccc21. The smallest absolute Gasteiger partial charge is 0.123 e. The number of imidazole rings is 1. The Kier molecular flexibility index (Phi) is 3.67. The van der Waals surface area contributed by atoms with Gasteiger partial charge >= 0.3 is 0 Å². The van der Waals surface area contributed by atoms with Crippen molar-refractivity contribution in [2.45, 2.75) is 25.8 Å². The summed E-state index contributed by atoms with van der Waals surface area (Å²) >= 11 is 0. The van der Waals surface area contributed by atoms with Crippen LogP contribution in [0.2, 0.25) is 0 Å². The number of nitrogens with zero attached hydrogens (tertiary/aromatic N) is 3. The van der Waals surface area contributed by atoms with Crippen LogP contribution in [0.5, 0.6) is 5.75 Å². The Morgan fingerprint density at radius 3 is 3.10 bits per heavy atom. The maximum atomic E-state index is 8.96. The summed E-state index contributed by atoms with van der Waals surface area (Å²) in [5.41, 5.74) is 2.92. The molecule has 1 heterocycles. The molecule has 0 spiro atoms. The van der Waals surface area contributed by atoms with Gasteiger partial charge in [0.2, 0.25) is 0 Å². The molecule has 5 nitrogen and oxygen atoms in total. The van der Waals surface area contributed by atoms with Gasteiger partial charge in [-0.15, -0.1) is 0 Å². The van der Waals surface area contributed by atoms with Gasteiger partial charge in [-0.1, -0.05) is 17.3 Å². The maximum absolute atomic E-state index is 8.96. The van der Waals surface area contributed by atoms with Gasteiger partial charge in [-0.25, -0.2) is 4.98 Å². The van der Waals surface area contributed by atoms with E-state index < -0.39 is 0 Å². The van der Waals surface area contributed by atoms with E-state index in [1.54, 1.807) is 6.20 Å². The number of aryl methyl sites for hydroxylation is 1. The van der Waals surface area contributed by atoms with E-state index in [1.807, 2.05) is 35.3 Å². The standard InChI is InChI=1S/C15H17N3O2/c19-17-14-6-5-13-12(14)3-1-4-15(13)20-10-2-8-18-9-7-16-11-18/h1,3-4,7,9,11,19H,2,5-6,8,10H2. The quantitative estimate of drug-likeness (QED) is 0.516. The molecule has 5 heteroatoms. The minimum Gasteiger partial charge on any atom is -0.493 e. The molecule has 20 heavy (non-hydrogen) atoms. The zero-order valence-electron chi connectivity index (χ0n) is 11.2. The lowest BCUT2D eigenvalue weighted by Gasteiger charge is -2.10. The summed E-state index contributed by atoms with van der Waals surface area (Å²) < 4.78 is 7.91. The molecule has 1 aromatic heterocycles. The van der Waals surface area contributed by atoms with Crippen LogP contribution in [0.1, 0.15) is 24.0 Å². The van der Waals surface area contributed by atoms with Crippen LogP contribution in [0.25, 0.3) is 0 Å². The molecule has 0 saturated carbocycles. The fourth-order valence-corrected chi connectivity index (χ4v) is 2.56. The fraction of sp³-hybridized carbons (Fsp3) is 0.333. The number of hydrogen-bond acceptors (Lipinski definition) is 4. The summed E-state index contributed by atoms with van der Waals surface area (Å²) in [4.78, 5) is 4.01. The van der Waals surface area contributed by atoms with Gasteiger partial charge < -0.3 is 14.5 Å². The second-order valence-corrected chi connectivity index (χ2v) is 4.83. The molecule has 1 aliphatic carbocycles. The Morgan fingerprint density at radius 1 is 1.35 bits per heavy atom. The van der Waals surface area contributed by atoms with Crippen LogP contribution < -0.4 is 4.74 Å². The van der Waals surface area contributed by atoms with Crippen molar-refractivity contribution in [3.63, 3.8) is 0 Å². The van der Waals surface area contributed by atoms with Gasteiger partial charge in [0.25, 0.3) is 0 Å². The highest BCUT2D eigenvalue weighted by Crippen LogP contribution is 2.30. The van der Waals surface area contributed by atoms with E-state index in [4.69, 9.17) is 9.94 Å². The molecule has 3 rings (SSSR count). The first-order valence-corrected chi connectivity index (χ1v) is 6.80. The van der Waals surface area contributed by atoms with Crippen LogP contribution in [0.15, 0.2) is 42.1 Å². The van der Waals surface area contributed by atoms with Gasteiger partial charge in [0.15, 0.2) is 0 Å².